The lowest BCUT2D eigenvalue weighted by Gasteiger charge is -2.43. The fourth-order valence-electron chi connectivity index (χ4n) is 4.67. The molecule has 0 radical (unpaired) electrons. The summed E-state index contributed by atoms with van der Waals surface area (Å²) < 4.78 is 0. The summed E-state index contributed by atoms with van der Waals surface area (Å²) in [5, 5.41) is 0. The van der Waals surface area contributed by atoms with Crippen LogP contribution in [-0.2, 0) is 0 Å². The largest absolute Gasteiger partial charge is 0.327 e. The maximum atomic E-state index is 6.23. The van der Waals surface area contributed by atoms with E-state index >= 15 is 0 Å². The van der Waals surface area contributed by atoms with Crippen molar-refractivity contribution in [3.05, 3.63) is 0 Å². The summed E-state index contributed by atoms with van der Waals surface area (Å²) in [6.07, 6.45) is 12.9. The summed E-state index contributed by atoms with van der Waals surface area (Å²) >= 11 is 0. The standard InChI is InChI=1S/C18H35N/c1-4-16-11-15(9-7-5-6-8-13(16)2)12-17-14(3)10-18(17)19/h13-18H,4-12,19H2,1-3H3/t13-,14?,15?,16+,17+,18?/m0/s1. The van der Waals surface area contributed by atoms with Gasteiger partial charge in [0, 0.05) is 6.04 Å². The van der Waals surface area contributed by atoms with Crippen LogP contribution in [0.2, 0.25) is 0 Å². The van der Waals surface area contributed by atoms with Crippen molar-refractivity contribution in [1.29, 1.82) is 0 Å². The molecule has 0 heterocycles. The monoisotopic (exact) mass is 265 g/mol. The van der Waals surface area contributed by atoms with E-state index in [1.807, 2.05) is 0 Å². The van der Waals surface area contributed by atoms with E-state index in [1.165, 1.54) is 57.8 Å². The second-order valence-electron chi connectivity index (χ2n) is 7.66. The Morgan fingerprint density at radius 1 is 0.947 bits per heavy atom. The van der Waals surface area contributed by atoms with E-state index in [2.05, 4.69) is 20.8 Å². The van der Waals surface area contributed by atoms with Crippen LogP contribution >= 0.6 is 0 Å². The predicted molar refractivity (Wildman–Crippen MR) is 84.0 cm³/mol. The van der Waals surface area contributed by atoms with E-state index in [4.69, 9.17) is 5.73 Å². The Kier molecular flexibility index (Phi) is 5.74. The van der Waals surface area contributed by atoms with Gasteiger partial charge in [-0.15, -0.1) is 0 Å². The molecule has 2 fully saturated rings. The fourth-order valence-corrected chi connectivity index (χ4v) is 4.67. The molecule has 0 aromatic carbocycles. The molecule has 2 aliphatic rings. The lowest BCUT2D eigenvalue weighted by atomic mass is 9.65. The van der Waals surface area contributed by atoms with Gasteiger partial charge < -0.3 is 5.73 Å². The number of hydrogen-bond acceptors (Lipinski definition) is 1. The van der Waals surface area contributed by atoms with Crippen molar-refractivity contribution in [1.82, 2.24) is 0 Å². The minimum atomic E-state index is 0.514. The van der Waals surface area contributed by atoms with Gasteiger partial charge in [-0.1, -0.05) is 59.3 Å². The van der Waals surface area contributed by atoms with E-state index in [0.29, 0.717) is 6.04 Å². The lowest BCUT2D eigenvalue weighted by molar-refractivity contribution is 0.106. The van der Waals surface area contributed by atoms with Gasteiger partial charge in [-0.05, 0) is 48.9 Å². The molecule has 0 aromatic heterocycles. The average molecular weight is 265 g/mol. The quantitative estimate of drug-likeness (QED) is 0.764. The van der Waals surface area contributed by atoms with Crippen LogP contribution in [0, 0.1) is 29.6 Å². The molecular weight excluding hydrogens is 230 g/mol. The molecular formula is C18H35N. The molecule has 19 heavy (non-hydrogen) atoms. The second-order valence-corrected chi connectivity index (χ2v) is 7.66. The third-order valence-corrected chi connectivity index (χ3v) is 6.27. The highest BCUT2D eigenvalue weighted by Crippen LogP contribution is 2.41. The summed E-state index contributed by atoms with van der Waals surface area (Å²) in [6.45, 7) is 7.30. The van der Waals surface area contributed by atoms with E-state index in [-0.39, 0.29) is 0 Å². The summed E-state index contributed by atoms with van der Waals surface area (Å²) in [4.78, 5) is 0. The van der Waals surface area contributed by atoms with Gasteiger partial charge in [0.15, 0.2) is 0 Å². The average Bonchev–Trinajstić information content (AvgIpc) is 2.47. The highest BCUT2D eigenvalue weighted by atomic mass is 14.7. The molecule has 0 spiro atoms. The Morgan fingerprint density at radius 2 is 1.68 bits per heavy atom. The smallest absolute Gasteiger partial charge is 0.00724 e. The minimum absolute atomic E-state index is 0.514. The first-order chi connectivity index (χ1) is 9.11. The maximum Gasteiger partial charge on any atom is 0.00724 e. The predicted octanol–water partition coefficient (Wildman–Crippen LogP) is 4.99. The molecule has 6 atom stereocenters. The van der Waals surface area contributed by atoms with Gasteiger partial charge in [0.05, 0.1) is 0 Å². The highest BCUT2D eigenvalue weighted by Gasteiger charge is 2.37. The first kappa shape index (κ1) is 15.4. The number of nitrogens with two attached hydrogens (primary N) is 1. The van der Waals surface area contributed by atoms with E-state index in [0.717, 1.165) is 29.6 Å². The first-order valence-corrected chi connectivity index (χ1v) is 8.87. The van der Waals surface area contributed by atoms with Crippen LogP contribution in [0.15, 0.2) is 0 Å². The second kappa shape index (κ2) is 7.11. The van der Waals surface area contributed by atoms with Gasteiger partial charge in [-0.3, -0.25) is 0 Å². The fraction of sp³-hybridized carbons (Fsp3) is 1.00. The Balaban J connectivity index is 1.92. The van der Waals surface area contributed by atoms with Crippen LogP contribution in [0.3, 0.4) is 0 Å². The van der Waals surface area contributed by atoms with Crippen LogP contribution in [0.1, 0.15) is 78.6 Å². The Hall–Kier alpha value is -0.0400. The highest BCUT2D eigenvalue weighted by molar-refractivity contribution is 4.91. The maximum absolute atomic E-state index is 6.23. The van der Waals surface area contributed by atoms with Crippen molar-refractivity contribution in [2.45, 2.75) is 84.6 Å². The molecule has 112 valence electrons. The zero-order chi connectivity index (χ0) is 13.8. The third-order valence-electron chi connectivity index (χ3n) is 6.27. The van der Waals surface area contributed by atoms with Crippen molar-refractivity contribution < 1.29 is 0 Å². The molecule has 0 aliphatic heterocycles. The van der Waals surface area contributed by atoms with Gasteiger partial charge in [0.25, 0.3) is 0 Å². The summed E-state index contributed by atoms with van der Waals surface area (Å²) in [5.41, 5.74) is 6.23. The van der Waals surface area contributed by atoms with Crippen molar-refractivity contribution in [3.63, 3.8) is 0 Å². The van der Waals surface area contributed by atoms with Gasteiger partial charge >= 0.3 is 0 Å². The zero-order valence-electron chi connectivity index (χ0n) is 13.4. The van der Waals surface area contributed by atoms with Gasteiger partial charge in [-0.25, -0.2) is 0 Å². The topological polar surface area (TPSA) is 26.0 Å². The van der Waals surface area contributed by atoms with Gasteiger partial charge in [0.1, 0.15) is 0 Å². The van der Waals surface area contributed by atoms with Gasteiger partial charge in [-0.2, -0.15) is 0 Å². The van der Waals surface area contributed by atoms with Gasteiger partial charge in [0.2, 0.25) is 0 Å². The molecule has 0 amide bonds. The Morgan fingerprint density at radius 3 is 2.32 bits per heavy atom. The zero-order valence-corrected chi connectivity index (χ0v) is 13.4. The van der Waals surface area contributed by atoms with E-state index in [9.17, 15) is 0 Å². The van der Waals surface area contributed by atoms with Crippen LogP contribution in [0.25, 0.3) is 0 Å². The lowest BCUT2D eigenvalue weighted by Crippen LogP contribution is -2.47. The van der Waals surface area contributed by atoms with E-state index in [1.54, 1.807) is 0 Å². The summed E-state index contributed by atoms with van der Waals surface area (Å²) in [5.74, 6) is 4.59. The summed E-state index contributed by atoms with van der Waals surface area (Å²) in [6, 6.07) is 0.514. The third kappa shape index (κ3) is 3.97. The van der Waals surface area contributed by atoms with Crippen molar-refractivity contribution in [3.8, 4) is 0 Å². The normalized spacial score (nSPS) is 44.8. The van der Waals surface area contributed by atoms with E-state index < -0.39 is 0 Å². The van der Waals surface area contributed by atoms with Crippen molar-refractivity contribution in [2.24, 2.45) is 35.3 Å². The number of hydrogen-bond donors (Lipinski definition) is 1. The number of rotatable bonds is 3. The minimum Gasteiger partial charge on any atom is -0.327 e. The Labute approximate surface area is 120 Å². The van der Waals surface area contributed by atoms with Crippen LogP contribution < -0.4 is 5.73 Å². The van der Waals surface area contributed by atoms with Crippen LogP contribution in [0.4, 0.5) is 0 Å². The molecule has 0 aromatic rings. The molecule has 1 heteroatoms. The molecule has 1 nitrogen and oxygen atoms in total. The molecule has 0 bridgehead atoms. The van der Waals surface area contributed by atoms with Crippen LogP contribution in [0.5, 0.6) is 0 Å². The molecule has 2 rings (SSSR count). The SMILES string of the molecule is CC[C@@H]1CC(C[C@@H]2C(C)CC2N)CCCCC[C@@H]1C. The van der Waals surface area contributed by atoms with Crippen molar-refractivity contribution in [2.75, 3.05) is 0 Å². The molecule has 0 saturated heterocycles. The van der Waals surface area contributed by atoms with Crippen LogP contribution in [-0.4, -0.2) is 6.04 Å². The molecule has 2 saturated carbocycles. The Bertz CT molecular complexity index is 254. The first-order valence-electron chi connectivity index (χ1n) is 8.87. The molecule has 2 aliphatic carbocycles. The summed E-state index contributed by atoms with van der Waals surface area (Å²) in [7, 11) is 0. The molecule has 3 unspecified atom stereocenters. The molecule has 2 N–H and O–H groups in total. The van der Waals surface area contributed by atoms with Crippen molar-refractivity contribution >= 4 is 0 Å².